The van der Waals surface area contributed by atoms with E-state index in [-0.39, 0.29) is 5.97 Å². The van der Waals surface area contributed by atoms with Crippen molar-refractivity contribution in [2.75, 3.05) is 7.11 Å². The summed E-state index contributed by atoms with van der Waals surface area (Å²) in [5.41, 5.74) is 5.39. The summed E-state index contributed by atoms with van der Waals surface area (Å²) in [6.45, 7) is 5.06. The van der Waals surface area contributed by atoms with Crippen molar-refractivity contribution in [3.8, 4) is 0 Å². The number of carbonyl (C=O) groups is 1. The number of carbonyl (C=O) groups excluding carboxylic acids is 1. The summed E-state index contributed by atoms with van der Waals surface area (Å²) >= 11 is 6.41. The van der Waals surface area contributed by atoms with Crippen molar-refractivity contribution in [3.05, 3.63) is 69.9 Å². The highest BCUT2D eigenvalue weighted by atomic mass is 35.5. The number of esters is 1. The first-order valence-corrected chi connectivity index (χ1v) is 9.44. The average molecular weight is 370 g/mol. The molecular weight excluding hydrogens is 346 g/mol. The van der Waals surface area contributed by atoms with Crippen molar-refractivity contribution < 1.29 is 9.53 Å². The molecule has 0 bridgehead atoms. The molecule has 0 radical (unpaired) electrons. The van der Waals surface area contributed by atoms with Gasteiger partial charge >= 0.3 is 5.97 Å². The number of fused-ring (bicyclic) bond motifs is 1. The van der Waals surface area contributed by atoms with Gasteiger partial charge in [0.2, 0.25) is 0 Å². The second-order valence-electron chi connectivity index (χ2n) is 6.43. The second kappa shape index (κ2) is 7.96. The number of rotatable bonds is 6. The lowest BCUT2D eigenvalue weighted by molar-refractivity contribution is 0.0601. The molecule has 0 amide bonds. The zero-order chi connectivity index (χ0) is 18.7. The van der Waals surface area contributed by atoms with Crippen molar-refractivity contribution in [1.82, 2.24) is 4.57 Å². The van der Waals surface area contributed by atoms with Gasteiger partial charge < -0.3 is 9.30 Å². The molecule has 0 atom stereocenters. The van der Waals surface area contributed by atoms with Gasteiger partial charge in [0.25, 0.3) is 0 Å². The fourth-order valence-corrected chi connectivity index (χ4v) is 3.83. The van der Waals surface area contributed by atoms with E-state index in [1.54, 1.807) is 0 Å². The van der Waals surface area contributed by atoms with Crippen LogP contribution in [0.2, 0.25) is 5.02 Å². The second-order valence-corrected chi connectivity index (χ2v) is 6.84. The standard InChI is InChI=1S/C22H24ClNO2/c1-4-8-17-18-12-11-15(22(25)26-3)13-21(18)24(20(17)5-2)14-16-9-6-7-10-19(16)23/h6-7,9-13H,4-5,8,14H2,1-3H3. The van der Waals surface area contributed by atoms with Crippen LogP contribution in [0.3, 0.4) is 0 Å². The first-order valence-electron chi connectivity index (χ1n) is 9.06. The Labute approximate surface area is 159 Å². The number of ether oxygens (including phenoxy) is 1. The van der Waals surface area contributed by atoms with Crippen molar-refractivity contribution in [2.24, 2.45) is 0 Å². The van der Waals surface area contributed by atoms with Crippen LogP contribution in [0.4, 0.5) is 0 Å². The van der Waals surface area contributed by atoms with E-state index in [0.29, 0.717) is 12.1 Å². The summed E-state index contributed by atoms with van der Waals surface area (Å²) in [4.78, 5) is 12.0. The van der Waals surface area contributed by atoms with Gasteiger partial charge in [-0.3, -0.25) is 0 Å². The largest absolute Gasteiger partial charge is 0.465 e. The normalized spacial score (nSPS) is 11.1. The van der Waals surface area contributed by atoms with E-state index in [4.69, 9.17) is 16.3 Å². The van der Waals surface area contributed by atoms with Crippen LogP contribution in [0.15, 0.2) is 42.5 Å². The van der Waals surface area contributed by atoms with E-state index in [1.807, 2.05) is 30.3 Å². The van der Waals surface area contributed by atoms with Gasteiger partial charge in [0.15, 0.2) is 0 Å². The van der Waals surface area contributed by atoms with E-state index in [1.165, 1.54) is 23.8 Å². The number of aryl methyl sites for hydroxylation is 1. The highest BCUT2D eigenvalue weighted by Gasteiger charge is 2.18. The average Bonchev–Trinajstić information content (AvgIpc) is 2.95. The molecule has 0 spiro atoms. The first kappa shape index (κ1) is 18.5. The highest BCUT2D eigenvalue weighted by molar-refractivity contribution is 6.31. The Morgan fingerprint density at radius 3 is 2.58 bits per heavy atom. The maximum Gasteiger partial charge on any atom is 0.337 e. The van der Waals surface area contributed by atoms with Crippen LogP contribution >= 0.6 is 11.6 Å². The maximum absolute atomic E-state index is 12.0. The Hall–Kier alpha value is -2.26. The molecule has 26 heavy (non-hydrogen) atoms. The molecule has 0 aliphatic carbocycles. The molecule has 3 rings (SSSR count). The lowest BCUT2D eigenvalue weighted by atomic mass is 10.0. The van der Waals surface area contributed by atoms with E-state index in [2.05, 4.69) is 30.5 Å². The summed E-state index contributed by atoms with van der Waals surface area (Å²) in [6.07, 6.45) is 3.03. The number of hydrogen-bond acceptors (Lipinski definition) is 2. The van der Waals surface area contributed by atoms with Crippen LogP contribution in [0.25, 0.3) is 10.9 Å². The van der Waals surface area contributed by atoms with E-state index in [9.17, 15) is 4.79 Å². The Balaban J connectivity index is 2.23. The Morgan fingerprint density at radius 2 is 1.92 bits per heavy atom. The highest BCUT2D eigenvalue weighted by Crippen LogP contribution is 2.31. The summed E-state index contributed by atoms with van der Waals surface area (Å²) in [6, 6.07) is 13.8. The zero-order valence-corrected chi connectivity index (χ0v) is 16.3. The maximum atomic E-state index is 12.0. The van der Waals surface area contributed by atoms with Crippen molar-refractivity contribution in [2.45, 2.75) is 39.7 Å². The predicted molar refractivity (Wildman–Crippen MR) is 107 cm³/mol. The van der Waals surface area contributed by atoms with Gasteiger partial charge in [0.1, 0.15) is 0 Å². The third kappa shape index (κ3) is 3.36. The third-order valence-electron chi connectivity index (χ3n) is 4.83. The van der Waals surface area contributed by atoms with Gasteiger partial charge in [0.05, 0.1) is 12.7 Å². The summed E-state index contributed by atoms with van der Waals surface area (Å²) in [5.74, 6) is -0.313. The molecule has 0 unspecified atom stereocenters. The van der Waals surface area contributed by atoms with Crippen LogP contribution in [-0.4, -0.2) is 17.6 Å². The molecule has 0 fully saturated rings. The fourth-order valence-electron chi connectivity index (χ4n) is 3.63. The monoisotopic (exact) mass is 369 g/mol. The molecule has 3 aromatic rings. The van der Waals surface area contributed by atoms with Crippen molar-refractivity contribution >= 4 is 28.5 Å². The number of hydrogen-bond donors (Lipinski definition) is 0. The van der Waals surface area contributed by atoms with Gasteiger partial charge in [-0.2, -0.15) is 0 Å². The van der Waals surface area contributed by atoms with Crippen molar-refractivity contribution in [3.63, 3.8) is 0 Å². The van der Waals surface area contributed by atoms with Crippen LogP contribution in [0.1, 0.15) is 47.4 Å². The number of halogens is 1. The topological polar surface area (TPSA) is 31.2 Å². The molecule has 1 heterocycles. The number of nitrogens with zero attached hydrogens (tertiary/aromatic N) is 1. The molecule has 0 saturated carbocycles. The first-order chi connectivity index (χ1) is 12.6. The zero-order valence-electron chi connectivity index (χ0n) is 15.5. The van der Waals surface area contributed by atoms with Gasteiger partial charge in [-0.05, 0) is 42.2 Å². The number of aromatic nitrogens is 1. The molecule has 0 saturated heterocycles. The molecule has 0 aliphatic heterocycles. The third-order valence-corrected chi connectivity index (χ3v) is 5.20. The fraction of sp³-hybridized carbons (Fsp3) is 0.318. The van der Waals surface area contributed by atoms with Crippen LogP contribution in [0.5, 0.6) is 0 Å². The lowest BCUT2D eigenvalue weighted by Crippen LogP contribution is -2.06. The predicted octanol–water partition coefficient (Wildman–Crippen LogP) is 5.64. The molecule has 2 aromatic carbocycles. The summed E-state index contributed by atoms with van der Waals surface area (Å²) in [5, 5.41) is 1.97. The molecule has 1 aromatic heterocycles. The summed E-state index contributed by atoms with van der Waals surface area (Å²) < 4.78 is 7.20. The molecule has 0 aliphatic rings. The minimum absolute atomic E-state index is 0.313. The molecule has 136 valence electrons. The SMILES string of the molecule is CCCc1c(CC)n(Cc2ccccc2Cl)c2cc(C(=O)OC)ccc12. The van der Waals surface area contributed by atoms with E-state index in [0.717, 1.165) is 35.4 Å². The van der Waals surface area contributed by atoms with E-state index < -0.39 is 0 Å². The smallest absolute Gasteiger partial charge is 0.337 e. The van der Waals surface area contributed by atoms with Crippen LogP contribution in [-0.2, 0) is 24.1 Å². The quantitative estimate of drug-likeness (QED) is 0.526. The molecule has 0 N–H and O–H groups in total. The van der Waals surface area contributed by atoms with Gasteiger partial charge in [0, 0.05) is 28.2 Å². The minimum atomic E-state index is -0.313. The summed E-state index contributed by atoms with van der Waals surface area (Å²) in [7, 11) is 1.41. The number of benzene rings is 2. The molecule has 4 heteroatoms. The van der Waals surface area contributed by atoms with Crippen LogP contribution < -0.4 is 0 Å². The van der Waals surface area contributed by atoms with Gasteiger partial charge in [-0.15, -0.1) is 0 Å². The Morgan fingerprint density at radius 1 is 1.15 bits per heavy atom. The van der Waals surface area contributed by atoms with E-state index >= 15 is 0 Å². The Bertz CT molecular complexity index is 943. The number of methoxy groups -OCH3 is 1. The minimum Gasteiger partial charge on any atom is -0.465 e. The van der Waals surface area contributed by atoms with Gasteiger partial charge in [-0.1, -0.05) is 56.1 Å². The van der Waals surface area contributed by atoms with Crippen LogP contribution in [0, 0.1) is 0 Å². The van der Waals surface area contributed by atoms with Gasteiger partial charge in [-0.25, -0.2) is 4.79 Å². The molecular formula is C22H24ClNO2. The van der Waals surface area contributed by atoms with Crippen molar-refractivity contribution in [1.29, 1.82) is 0 Å². The Kier molecular flexibility index (Phi) is 5.67. The lowest BCUT2D eigenvalue weighted by Gasteiger charge is -2.12. The molecule has 3 nitrogen and oxygen atoms in total.